The van der Waals surface area contributed by atoms with E-state index in [1.54, 1.807) is 9.80 Å². The molecule has 1 saturated heterocycles. The van der Waals surface area contributed by atoms with Crippen LogP contribution >= 0.6 is 12.2 Å². The Morgan fingerprint density at radius 3 is 1.62 bits per heavy atom. The first kappa shape index (κ1) is 18.1. The summed E-state index contributed by atoms with van der Waals surface area (Å²) in [4.78, 5) is 27.2. The highest BCUT2D eigenvalue weighted by Crippen LogP contribution is 2.15. The summed E-state index contributed by atoms with van der Waals surface area (Å²) in [5, 5.41) is 0.421. The predicted molar refractivity (Wildman–Crippen MR) is 88.9 cm³/mol. The summed E-state index contributed by atoms with van der Waals surface area (Å²) in [5.41, 5.74) is 0. The summed E-state index contributed by atoms with van der Waals surface area (Å²) in [6.45, 7) is 5.62. The van der Waals surface area contributed by atoms with Crippen molar-refractivity contribution in [2.24, 2.45) is 0 Å². The van der Waals surface area contributed by atoms with Gasteiger partial charge in [0.15, 0.2) is 5.11 Å². The molecule has 0 bridgehead atoms. The van der Waals surface area contributed by atoms with Crippen LogP contribution in [0.15, 0.2) is 0 Å². The summed E-state index contributed by atoms with van der Waals surface area (Å²) in [5.74, 6) is -0.266. The molecule has 1 fully saturated rings. The number of hydrogen-bond acceptors (Lipinski definition) is 3. The van der Waals surface area contributed by atoms with Gasteiger partial charge in [0.1, 0.15) is 6.42 Å². The molecular weight excluding hydrogens is 284 g/mol. The van der Waals surface area contributed by atoms with E-state index in [1.807, 2.05) is 0 Å². The van der Waals surface area contributed by atoms with Crippen LogP contribution in [0.5, 0.6) is 0 Å². The van der Waals surface area contributed by atoms with Gasteiger partial charge in [0.25, 0.3) is 0 Å². The van der Waals surface area contributed by atoms with Crippen molar-refractivity contribution in [1.29, 1.82) is 0 Å². The number of nitrogens with zero attached hydrogens (tertiary/aromatic N) is 2. The van der Waals surface area contributed by atoms with Crippen LogP contribution in [-0.2, 0) is 9.59 Å². The molecule has 1 aliphatic heterocycles. The topological polar surface area (TPSA) is 40.6 Å². The Kier molecular flexibility index (Phi) is 8.50. The van der Waals surface area contributed by atoms with E-state index in [1.165, 1.54) is 25.7 Å². The molecule has 1 rings (SSSR count). The van der Waals surface area contributed by atoms with Gasteiger partial charge in [0, 0.05) is 13.1 Å². The second-order valence-electron chi connectivity index (χ2n) is 5.67. The zero-order valence-corrected chi connectivity index (χ0v) is 14.2. The molecule has 0 aromatic heterocycles. The normalized spacial score (nSPS) is 16.0. The van der Waals surface area contributed by atoms with Gasteiger partial charge in [-0.2, -0.15) is 0 Å². The number of carbonyl (C=O) groups is 2. The smallest absolute Gasteiger partial charge is 0.238 e. The monoisotopic (exact) mass is 312 g/mol. The lowest BCUT2D eigenvalue weighted by molar-refractivity contribution is -0.140. The number of carbonyl (C=O) groups excluding carboxylic acids is 2. The molecule has 0 aromatic carbocycles. The summed E-state index contributed by atoms with van der Waals surface area (Å²) in [7, 11) is 0. The standard InChI is InChI=1S/C16H28N2O2S/c1-3-5-7-9-11-17-14(19)13-15(20)18(16(17)21)12-10-8-6-4-2/h3-13H2,1-2H3. The van der Waals surface area contributed by atoms with Crippen LogP contribution in [0.4, 0.5) is 0 Å². The molecular formula is C16H28N2O2S. The number of amides is 2. The van der Waals surface area contributed by atoms with Crippen molar-refractivity contribution in [1.82, 2.24) is 9.80 Å². The molecule has 120 valence electrons. The highest BCUT2D eigenvalue weighted by Gasteiger charge is 2.33. The van der Waals surface area contributed by atoms with Gasteiger partial charge in [0.2, 0.25) is 11.8 Å². The van der Waals surface area contributed by atoms with E-state index in [-0.39, 0.29) is 18.2 Å². The largest absolute Gasteiger partial charge is 0.288 e. The molecule has 0 saturated carbocycles. The van der Waals surface area contributed by atoms with E-state index in [2.05, 4.69) is 13.8 Å². The fourth-order valence-corrected chi connectivity index (χ4v) is 2.90. The molecule has 0 aromatic rings. The van der Waals surface area contributed by atoms with E-state index in [9.17, 15) is 9.59 Å². The van der Waals surface area contributed by atoms with Gasteiger partial charge in [-0.25, -0.2) is 0 Å². The van der Waals surface area contributed by atoms with Gasteiger partial charge >= 0.3 is 0 Å². The summed E-state index contributed by atoms with van der Waals surface area (Å²) in [6.07, 6.45) is 8.78. The van der Waals surface area contributed by atoms with E-state index in [4.69, 9.17) is 12.2 Å². The zero-order valence-electron chi connectivity index (χ0n) is 13.4. The van der Waals surface area contributed by atoms with Crippen molar-refractivity contribution < 1.29 is 9.59 Å². The number of thiocarbonyl (C=S) groups is 1. The van der Waals surface area contributed by atoms with E-state index in [0.29, 0.717) is 18.2 Å². The maximum Gasteiger partial charge on any atom is 0.238 e. The number of hydrogen-bond donors (Lipinski definition) is 0. The van der Waals surface area contributed by atoms with Gasteiger partial charge in [-0.1, -0.05) is 52.4 Å². The van der Waals surface area contributed by atoms with E-state index in [0.717, 1.165) is 25.7 Å². The molecule has 4 nitrogen and oxygen atoms in total. The lowest BCUT2D eigenvalue weighted by Gasteiger charge is -2.35. The van der Waals surface area contributed by atoms with Gasteiger partial charge in [0.05, 0.1) is 0 Å². The van der Waals surface area contributed by atoms with Gasteiger partial charge in [-0.15, -0.1) is 0 Å². The first-order chi connectivity index (χ1) is 10.1. The SMILES string of the molecule is CCCCCCN1C(=O)CC(=O)N(CCCCCC)C1=S. The average Bonchev–Trinajstić information content (AvgIpc) is 2.45. The Morgan fingerprint density at radius 2 is 1.24 bits per heavy atom. The maximum absolute atomic E-state index is 12.0. The highest BCUT2D eigenvalue weighted by atomic mass is 32.1. The van der Waals surface area contributed by atoms with Crippen LogP contribution in [0.2, 0.25) is 0 Å². The third-order valence-corrected chi connectivity index (χ3v) is 4.28. The van der Waals surface area contributed by atoms with Crippen LogP contribution in [0.1, 0.15) is 71.6 Å². The Morgan fingerprint density at radius 1 is 0.810 bits per heavy atom. The maximum atomic E-state index is 12.0. The molecule has 1 aliphatic rings. The van der Waals surface area contributed by atoms with E-state index >= 15 is 0 Å². The quantitative estimate of drug-likeness (QED) is 0.352. The van der Waals surface area contributed by atoms with Gasteiger partial charge in [-0.05, 0) is 25.1 Å². The van der Waals surface area contributed by atoms with Crippen LogP contribution in [0.3, 0.4) is 0 Å². The Bertz CT molecular complexity index is 339. The van der Waals surface area contributed by atoms with Crippen molar-refractivity contribution in [2.75, 3.05) is 13.1 Å². The molecule has 0 N–H and O–H groups in total. The van der Waals surface area contributed by atoms with Crippen LogP contribution in [-0.4, -0.2) is 39.8 Å². The van der Waals surface area contributed by atoms with Crippen LogP contribution in [0.25, 0.3) is 0 Å². The molecule has 0 spiro atoms. The molecule has 0 radical (unpaired) electrons. The second kappa shape index (κ2) is 9.87. The fourth-order valence-electron chi connectivity index (χ4n) is 2.51. The Balaban J connectivity index is 2.49. The molecule has 0 atom stereocenters. The zero-order chi connectivity index (χ0) is 15.7. The van der Waals surface area contributed by atoms with Gasteiger partial charge in [-0.3, -0.25) is 19.4 Å². The van der Waals surface area contributed by atoms with Crippen molar-refractivity contribution in [3.63, 3.8) is 0 Å². The van der Waals surface area contributed by atoms with Crippen molar-refractivity contribution in [3.8, 4) is 0 Å². The molecule has 0 unspecified atom stereocenters. The minimum atomic E-state index is -0.133. The first-order valence-electron chi connectivity index (χ1n) is 8.26. The van der Waals surface area contributed by atoms with E-state index < -0.39 is 0 Å². The lowest BCUT2D eigenvalue weighted by atomic mass is 10.1. The first-order valence-corrected chi connectivity index (χ1v) is 8.67. The third-order valence-electron chi connectivity index (χ3n) is 3.84. The van der Waals surface area contributed by atoms with Crippen molar-refractivity contribution in [2.45, 2.75) is 71.6 Å². The third kappa shape index (κ3) is 5.73. The molecule has 1 heterocycles. The molecule has 21 heavy (non-hydrogen) atoms. The number of unbranched alkanes of at least 4 members (excludes halogenated alkanes) is 6. The summed E-state index contributed by atoms with van der Waals surface area (Å²) < 4.78 is 0. The predicted octanol–water partition coefficient (Wildman–Crippen LogP) is 3.49. The van der Waals surface area contributed by atoms with Crippen LogP contribution < -0.4 is 0 Å². The van der Waals surface area contributed by atoms with Crippen molar-refractivity contribution >= 4 is 29.1 Å². The Labute approximate surface area is 133 Å². The fraction of sp³-hybridized carbons (Fsp3) is 0.812. The minimum Gasteiger partial charge on any atom is -0.288 e. The minimum absolute atomic E-state index is 0.0261. The van der Waals surface area contributed by atoms with Crippen molar-refractivity contribution in [3.05, 3.63) is 0 Å². The average molecular weight is 312 g/mol. The Hall–Kier alpha value is -0.970. The van der Waals surface area contributed by atoms with Crippen LogP contribution in [0, 0.1) is 0 Å². The highest BCUT2D eigenvalue weighted by molar-refractivity contribution is 7.80. The van der Waals surface area contributed by atoms with Gasteiger partial charge < -0.3 is 0 Å². The molecule has 5 heteroatoms. The molecule has 2 amide bonds. The number of rotatable bonds is 10. The summed E-state index contributed by atoms with van der Waals surface area (Å²) >= 11 is 5.37. The second-order valence-corrected chi connectivity index (χ2v) is 6.04. The lowest BCUT2D eigenvalue weighted by Crippen LogP contribution is -2.55. The molecule has 0 aliphatic carbocycles. The summed E-state index contributed by atoms with van der Waals surface area (Å²) in [6, 6.07) is 0.